The van der Waals surface area contributed by atoms with E-state index in [-0.39, 0.29) is 35.3 Å². The largest absolute Gasteiger partial charge is 0.350 e. The van der Waals surface area contributed by atoms with Gasteiger partial charge in [0, 0.05) is 30.9 Å². The molecule has 1 aliphatic rings. The monoisotopic (exact) mass is 519 g/mol. The molecule has 186 valence electrons. The van der Waals surface area contributed by atoms with E-state index < -0.39 is 11.9 Å². The predicted octanol–water partition coefficient (Wildman–Crippen LogP) is 4.08. The van der Waals surface area contributed by atoms with E-state index in [0.717, 1.165) is 29.6 Å². The molecule has 1 unspecified atom stereocenters. The van der Waals surface area contributed by atoms with E-state index >= 15 is 0 Å². The predicted molar refractivity (Wildman–Crippen MR) is 135 cm³/mol. The smallest absolute Gasteiger partial charge is 0.242 e. The number of likely N-dealkylation sites (N-methyl/N-ethyl adjacent to an activating group) is 1. The van der Waals surface area contributed by atoms with Crippen molar-refractivity contribution in [1.29, 1.82) is 0 Å². The van der Waals surface area contributed by atoms with E-state index in [4.69, 9.17) is 23.2 Å². The number of rotatable bonds is 8. The summed E-state index contributed by atoms with van der Waals surface area (Å²) in [5.74, 6) is -0.654. The highest BCUT2D eigenvalue weighted by atomic mass is 35.5. The number of hydrogen-bond acceptors (Lipinski definition) is 4. The Hall–Kier alpha value is -2.68. The summed E-state index contributed by atoms with van der Waals surface area (Å²) in [6.45, 7) is 5.42. The number of aromatic amines is 1. The zero-order valence-electron chi connectivity index (χ0n) is 19.6. The maximum atomic E-state index is 13.5. The third-order valence-electron chi connectivity index (χ3n) is 6.46. The maximum absolute atomic E-state index is 13.5. The highest BCUT2D eigenvalue weighted by molar-refractivity contribution is 6.35. The molecule has 35 heavy (non-hydrogen) atoms. The van der Waals surface area contributed by atoms with E-state index in [1.54, 1.807) is 31.5 Å². The van der Waals surface area contributed by atoms with Crippen LogP contribution in [0.1, 0.15) is 31.4 Å². The Morgan fingerprint density at radius 1 is 1.26 bits per heavy atom. The SMILES string of the molecule is CCN1C[C@@H](Cc2ccc(F)c(Cl)c2)C[C@@H]1C(=O)NC(C)C(=O)NCc1cnc2[nH]cc(Cl)c2c1. The third kappa shape index (κ3) is 5.94. The van der Waals surface area contributed by atoms with Gasteiger partial charge >= 0.3 is 0 Å². The molecule has 0 saturated carbocycles. The van der Waals surface area contributed by atoms with Gasteiger partial charge in [0.1, 0.15) is 17.5 Å². The van der Waals surface area contributed by atoms with Crippen LogP contribution in [0.2, 0.25) is 10.0 Å². The molecule has 3 atom stereocenters. The van der Waals surface area contributed by atoms with Crippen LogP contribution >= 0.6 is 23.2 Å². The molecule has 0 spiro atoms. The molecular formula is C25H28Cl2FN5O2. The van der Waals surface area contributed by atoms with E-state index in [1.165, 1.54) is 6.07 Å². The van der Waals surface area contributed by atoms with Crippen LogP contribution in [0.4, 0.5) is 4.39 Å². The first-order valence-electron chi connectivity index (χ1n) is 11.6. The Bertz CT molecular complexity index is 1230. The summed E-state index contributed by atoms with van der Waals surface area (Å²) in [6.07, 6.45) is 4.71. The summed E-state index contributed by atoms with van der Waals surface area (Å²) in [7, 11) is 0. The molecule has 4 rings (SSSR count). The molecular weight excluding hydrogens is 492 g/mol. The van der Waals surface area contributed by atoms with Crippen molar-refractivity contribution in [3.05, 3.63) is 63.6 Å². The Labute approximate surface area is 213 Å². The fourth-order valence-corrected chi connectivity index (χ4v) is 5.00. The van der Waals surface area contributed by atoms with Crippen molar-refractivity contribution in [3.63, 3.8) is 0 Å². The van der Waals surface area contributed by atoms with E-state index in [0.29, 0.717) is 23.5 Å². The normalized spacial score (nSPS) is 19.1. The van der Waals surface area contributed by atoms with E-state index in [2.05, 4.69) is 25.5 Å². The number of carbonyl (C=O) groups excluding carboxylic acids is 2. The molecule has 1 aliphatic heterocycles. The average molecular weight is 520 g/mol. The van der Waals surface area contributed by atoms with Crippen molar-refractivity contribution < 1.29 is 14.0 Å². The van der Waals surface area contributed by atoms with Gasteiger partial charge in [0.25, 0.3) is 0 Å². The van der Waals surface area contributed by atoms with Crippen LogP contribution in [0.15, 0.2) is 36.7 Å². The van der Waals surface area contributed by atoms with Crippen LogP contribution in [0.5, 0.6) is 0 Å². The first-order chi connectivity index (χ1) is 16.7. The number of H-pyrrole nitrogens is 1. The summed E-state index contributed by atoms with van der Waals surface area (Å²) in [5, 5.41) is 7.16. The number of nitrogens with zero attached hydrogens (tertiary/aromatic N) is 2. The van der Waals surface area contributed by atoms with Crippen molar-refractivity contribution in [2.24, 2.45) is 5.92 Å². The fourth-order valence-electron chi connectivity index (χ4n) is 4.60. The lowest BCUT2D eigenvalue weighted by molar-refractivity contribution is -0.131. The summed E-state index contributed by atoms with van der Waals surface area (Å²) < 4.78 is 13.5. The molecule has 1 fully saturated rings. The van der Waals surface area contributed by atoms with E-state index in [1.807, 2.05) is 13.0 Å². The minimum Gasteiger partial charge on any atom is -0.350 e. The third-order valence-corrected chi connectivity index (χ3v) is 7.07. The van der Waals surface area contributed by atoms with Gasteiger partial charge in [-0.15, -0.1) is 0 Å². The molecule has 3 heterocycles. The van der Waals surface area contributed by atoms with Gasteiger partial charge in [-0.05, 0) is 61.6 Å². The number of aromatic nitrogens is 2. The zero-order valence-corrected chi connectivity index (χ0v) is 21.1. The van der Waals surface area contributed by atoms with Gasteiger partial charge in [0.2, 0.25) is 11.8 Å². The lowest BCUT2D eigenvalue weighted by Gasteiger charge is -2.23. The summed E-state index contributed by atoms with van der Waals surface area (Å²) in [4.78, 5) is 35.0. The van der Waals surface area contributed by atoms with Crippen LogP contribution in [0.3, 0.4) is 0 Å². The summed E-state index contributed by atoms with van der Waals surface area (Å²) in [5.41, 5.74) is 2.44. The van der Waals surface area contributed by atoms with Crippen molar-refractivity contribution in [2.45, 2.75) is 45.3 Å². The van der Waals surface area contributed by atoms with Crippen molar-refractivity contribution in [3.8, 4) is 0 Å². The summed E-state index contributed by atoms with van der Waals surface area (Å²) >= 11 is 12.1. The Kier molecular flexibility index (Phi) is 7.94. The topological polar surface area (TPSA) is 90.1 Å². The number of amides is 2. The maximum Gasteiger partial charge on any atom is 0.242 e. The molecule has 0 radical (unpaired) electrons. The molecule has 7 nitrogen and oxygen atoms in total. The number of pyridine rings is 1. The van der Waals surface area contributed by atoms with Crippen LogP contribution in [-0.2, 0) is 22.6 Å². The van der Waals surface area contributed by atoms with Crippen LogP contribution in [0, 0.1) is 11.7 Å². The highest BCUT2D eigenvalue weighted by Crippen LogP contribution is 2.28. The second-order valence-corrected chi connectivity index (χ2v) is 9.80. The van der Waals surface area contributed by atoms with Crippen LogP contribution < -0.4 is 10.6 Å². The van der Waals surface area contributed by atoms with Crippen molar-refractivity contribution in [1.82, 2.24) is 25.5 Å². The van der Waals surface area contributed by atoms with Crippen molar-refractivity contribution >= 4 is 46.0 Å². The molecule has 3 N–H and O–H groups in total. The van der Waals surface area contributed by atoms with Gasteiger partial charge in [-0.2, -0.15) is 0 Å². The highest BCUT2D eigenvalue weighted by Gasteiger charge is 2.36. The average Bonchev–Trinajstić information content (AvgIpc) is 3.42. The van der Waals surface area contributed by atoms with Crippen molar-refractivity contribution in [2.75, 3.05) is 13.1 Å². The number of carbonyl (C=O) groups is 2. The van der Waals surface area contributed by atoms with Crippen LogP contribution in [0.25, 0.3) is 11.0 Å². The van der Waals surface area contributed by atoms with Gasteiger partial charge in [-0.25, -0.2) is 9.37 Å². The molecule has 0 bridgehead atoms. The first kappa shape index (κ1) is 25.4. The Morgan fingerprint density at radius 2 is 2.06 bits per heavy atom. The lowest BCUT2D eigenvalue weighted by Crippen LogP contribution is -2.50. The first-order valence-corrected chi connectivity index (χ1v) is 12.4. The number of nitrogens with one attached hydrogen (secondary N) is 3. The second kappa shape index (κ2) is 10.9. The van der Waals surface area contributed by atoms with Gasteiger partial charge < -0.3 is 15.6 Å². The standard InChI is InChI=1S/C25H28Cl2FN5O2/c1-3-33-13-16(6-15-4-5-21(28)19(26)8-15)9-22(33)25(35)32-14(2)24(34)31-11-17-7-18-20(27)12-30-23(18)29-10-17/h4-5,7-8,10,12,14,16,22H,3,6,9,11,13H2,1-2H3,(H,29,30)(H,31,34)(H,32,35)/t14?,16-,22+/m0/s1. The second-order valence-electron chi connectivity index (χ2n) is 8.98. The number of fused-ring (bicyclic) bond motifs is 1. The van der Waals surface area contributed by atoms with Crippen LogP contribution in [-0.4, -0.2) is 51.9 Å². The van der Waals surface area contributed by atoms with Gasteiger partial charge in [0.05, 0.1) is 16.1 Å². The number of benzene rings is 1. The number of likely N-dealkylation sites (tertiary alicyclic amines) is 1. The minimum absolute atomic E-state index is 0.105. The Balaban J connectivity index is 1.30. The van der Waals surface area contributed by atoms with Gasteiger partial charge in [-0.1, -0.05) is 36.2 Å². The number of halogens is 3. The number of hydrogen-bond donors (Lipinski definition) is 3. The Morgan fingerprint density at radius 3 is 2.80 bits per heavy atom. The van der Waals surface area contributed by atoms with E-state index in [9.17, 15) is 14.0 Å². The lowest BCUT2D eigenvalue weighted by atomic mass is 9.96. The molecule has 2 aromatic heterocycles. The minimum atomic E-state index is -0.691. The van der Waals surface area contributed by atoms with Gasteiger partial charge in [0.15, 0.2) is 0 Å². The zero-order chi connectivity index (χ0) is 25.1. The molecule has 1 saturated heterocycles. The summed E-state index contributed by atoms with van der Waals surface area (Å²) in [6, 6.07) is 5.60. The van der Waals surface area contributed by atoms with Gasteiger partial charge in [-0.3, -0.25) is 14.5 Å². The molecule has 3 aromatic rings. The fraction of sp³-hybridized carbons (Fsp3) is 0.400. The molecule has 1 aromatic carbocycles. The molecule has 2 amide bonds. The molecule has 10 heteroatoms. The quantitative estimate of drug-likeness (QED) is 0.418. The molecule has 0 aliphatic carbocycles.